The minimum atomic E-state index is -3.31. The van der Waals surface area contributed by atoms with E-state index in [1.165, 1.54) is 14.7 Å². The van der Waals surface area contributed by atoms with Gasteiger partial charge in [-0.3, -0.25) is 41.6 Å². The van der Waals surface area contributed by atoms with Crippen molar-refractivity contribution in [1.29, 1.82) is 0 Å². The van der Waals surface area contributed by atoms with Crippen molar-refractivity contribution >= 4 is 33.4 Å². The van der Waals surface area contributed by atoms with Gasteiger partial charge in [0.2, 0.25) is 0 Å². The molecule has 0 aliphatic rings. The lowest BCUT2D eigenvalue weighted by molar-refractivity contribution is -0.0638. The first-order valence-corrected chi connectivity index (χ1v) is 12.8. The monoisotopic (exact) mass is 507 g/mol. The van der Waals surface area contributed by atoms with Gasteiger partial charge in [-0.25, -0.2) is 4.90 Å². The Hall–Kier alpha value is 0.640. The highest BCUT2D eigenvalue weighted by Crippen LogP contribution is 2.29. The summed E-state index contributed by atoms with van der Waals surface area (Å²) in [5.74, 6) is 0. The fourth-order valence-electron chi connectivity index (χ4n) is 2.44. The largest absolute Gasteiger partial charge is 0.328 e. The molecule has 29 heavy (non-hydrogen) atoms. The van der Waals surface area contributed by atoms with Crippen molar-refractivity contribution in [2.24, 2.45) is 0 Å². The third-order valence-corrected chi connectivity index (χ3v) is 4.95. The molecule has 5 N–H and O–H groups in total. The van der Waals surface area contributed by atoms with Gasteiger partial charge in [-0.2, -0.15) is 0 Å². The van der Waals surface area contributed by atoms with Gasteiger partial charge in [0.25, 0.3) is 0 Å². The second kappa shape index (κ2) is 15.4. The molecule has 15 nitrogen and oxygen atoms in total. The van der Waals surface area contributed by atoms with Gasteiger partial charge in [0.05, 0.1) is 0 Å². The Morgan fingerprint density at radius 1 is 0.793 bits per heavy atom. The fourth-order valence-corrected chi connectivity index (χ4v) is 3.61. The molecule has 0 amide bonds. The van der Waals surface area contributed by atoms with Crippen LogP contribution in [0.4, 0.5) is 0 Å². The number of hydrogen-bond donors (Lipinski definition) is 5. The van der Waals surface area contributed by atoms with E-state index in [0.717, 1.165) is 0 Å². The summed E-state index contributed by atoms with van der Waals surface area (Å²) in [4.78, 5) is 49.2. The summed E-state index contributed by atoms with van der Waals surface area (Å²) in [6.07, 6.45) is 0. The van der Waals surface area contributed by atoms with E-state index >= 15 is 0 Å². The lowest BCUT2D eigenvalue weighted by Crippen LogP contribution is -2.59. The Balaban J connectivity index is 5.47. The van der Waals surface area contributed by atoms with Crippen molar-refractivity contribution in [2.45, 2.75) is 12.5 Å². The van der Waals surface area contributed by atoms with Crippen LogP contribution in [0.2, 0.25) is 0 Å². The van der Waals surface area contributed by atoms with Gasteiger partial charge in [0.1, 0.15) is 26.9 Å². The van der Waals surface area contributed by atoms with E-state index < -0.39 is 52.4 Å². The lowest BCUT2D eigenvalue weighted by Gasteiger charge is -2.44. The second-order valence-electron chi connectivity index (χ2n) is 6.19. The molecular weight excluding hydrogens is 478 g/mol. The molecule has 3 unspecified atom stereocenters. The summed E-state index contributed by atoms with van der Waals surface area (Å²) in [5.41, 5.74) is -1.00. The average molecular weight is 507 g/mol. The summed E-state index contributed by atoms with van der Waals surface area (Å²) in [7, 11) is -9.21. The van der Waals surface area contributed by atoms with Crippen LogP contribution in [-0.2, 0) is 31.8 Å². The van der Waals surface area contributed by atoms with Gasteiger partial charge in [-0.05, 0) is 21.0 Å². The minimum absolute atomic E-state index is 0.120. The maximum atomic E-state index is 11.0. The zero-order valence-electron chi connectivity index (χ0n) is 16.1. The van der Waals surface area contributed by atoms with Crippen molar-refractivity contribution < 1.29 is 56.3 Å². The maximum absolute atomic E-state index is 11.0. The number of likely N-dealkylation sites (N-methyl/N-ethyl adjacent to an activating group) is 2. The minimum Gasteiger partial charge on any atom is -0.328 e. The zero-order chi connectivity index (χ0) is 22.6. The van der Waals surface area contributed by atoms with Gasteiger partial charge in [-0.15, -0.1) is 0 Å². The van der Waals surface area contributed by atoms with E-state index in [4.69, 9.17) is 33.5 Å². The predicted octanol–water partition coefficient (Wildman–Crippen LogP) is -0.835. The van der Waals surface area contributed by atoms with E-state index in [2.05, 4.69) is 9.05 Å². The lowest BCUT2D eigenvalue weighted by atomic mass is 9.99. The summed E-state index contributed by atoms with van der Waals surface area (Å²) >= 11 is 0. The third kappa shape index (κ3) is 15.1. The van der Waals surface area contributed by atoms with E-state index in [1.54, 1.807) is 21.0 Å². The average Bonchev–Trinajstić information content (AvgIpc) is 2.57. The Morgan fingerprint density at radius 3 is 1.52 bits per heavy atom. The highest BCUT2D eigenvalue weighted by molar-refractivity contribution is 7.39. The molecule has 0 spiro atoms. The first-order valence-electron chi connectivity index (χ1n) is 7.86. The van der Waals surface area contributed by atoms with E-state index in [-0.39, 0.29) is 26.6 Å². The normalized spacial score (nSPS) is 17.8. The highest BCUT2D eigenvalue weighted by atomic mass is 31.2. The van der Waals surface area contributed by atoms with Crippen LogP contribution in [-0.4, -0.2) is 98.8 Å². The van der Waals surface area contributed by atoms with Crippen LogP contribution in [0.3, 0.4) is 0 Å². The predicted molar refractivity (Wildman–Crippen MR) is 104 cm³/mol. The Kier molecular flexibility index (Phi) is 15.8. The van der Waals surface area contributed by atoms with E-state index in [9.17, 15) is 13.7 Å². The van der Waals surface area contributed by atoms with Crippen LogP contribution < -0.4 is 0 Å². The van der Waals surface area contributed by atoms with Gasteiger partial charge in [0, 0.05) is 18.6 Å². The van der Waals surface area contributed by atoms with Crippen molar-refractivity contribution in [3.8, 4) is 0 Å². The molecule has 0 aromatic carbocycles. The molecule has 0 rings (SSSR count). The van der Waals surface area contributed by atoms with Crippen molar-refractivity contribution in [3.63, 3.8) is 0 Å². The van der Waals surface area contributed by atoms with Crippen LogP contribution in [0.25, 0.3) is 0 Å². The molecule has 0 aliphatic heterocycles. The molecule has 0 saturated carbocycles. The molecule has 19 heteroatoms. The van der Waals surface area contributed by atoms with Crippen molar-refractivity contribution in [2.75, 3.05) is 54.1 Å². The van der Waals surface area contributed by atoms with Crippen molar-refractivity contribution in [3.05, 3.63) is 0 Å². The van der Waals surface area contributed by atoms with Gasteiger partial charge >= 0.3 is 33.4 Å². The molecular formula is C10H29N3O12P4. The Labute approximate surface area is 171 Å². The molecule has 0 heterocycles. The molecule has 0 aromatic heterocycles. The first kappa shape index (κ1) is 29.6. The molecule has 176 valence electrons. The molecule has 0 bridgehead atoms. The van der Waals surface area contributed by atoms with Crippen LogP contribution in [0, 0.1) is 0 Å². The smallest absolute Gasteiger partial charge is 0.328 e. The summed E-state index contributed by atoms with van der Waals surface area (Å²) in [5, 5.41) is 0. The number of nitrogens with zero attached hydrogens (tertiary/aromatic N) is 3. The highest BCUT2D eigenvalue weighted by Gasteiger charge is 2.36. The molecule has 0 radical (unpaired) electrons. The fraction of sp³-hybridized carbons (Fsp3) is 1.00. The molecule has 0 fully saturated rings. The SMILES string of the molecule is CN(CO[PH](=O)O)CC(C)(CN(C)CO[PH](=O)O)N(COP(O)O)CO[PH](=O)O. The van der Waals surface area contributed by atoms with Crippen LogP contribution >= 0.6 is 33.4 Å². The zero-order valence-corrected chi connectivity index (χ0v) is 20.0. The number of hydrogen-bond acceptors (Lipinski definition) is 12. The van der Waals surface area contributed by atoms with Crippen LogP contribution in [0.5, 0.6) is 0 Å². The first-order chi connectivity index (χ1) is 13.4. The Bertz CT molecular complexity index is 518. The topological polar surface area (TPSA) is 199 Å². The van der Waals surface area contributed by atoms with Gasteiger partial charge < -0.3 is 24.5 Å². The van der Waals surface area contributed by atoms with Crippen molar-refractivity contribution in [1.82, 2.24) is 14.7 Å². The molecule has 0 aromatic rings. The van der Waals surface area contributed by atoms with Crippen LogP contribution in [0.1, 0.15) is 6.92 Å². The van der Waals surface area contributed by atoms with Gasteiger partial charge in [-0.1, -0.05) is 0 Å². The maximum Gasteiger partial charge on any atom is 0.328 e. The summed E-state index contributed by atoms with van der Waals surface area (Å²) in [6, 6.07) is 0. The molecule has 0 aliphatic carbocycles. The standard InChI is InChI=1S/C10H29N3O12P4/c1-10(4-11(2)6-22-26(14)15,5-12(3)7-23-27(16)17)13(8-24-28(18)19)9-25-29(20)21/h18-19,26-27,29H,4-9H2,1-3H3,(H,14,15)(H,16,17)(H,20,21). The van der Waals surface area contributed by atoms with Gasteiger partial charge in [0.15, 0.2) is 0 Å². The van der Waals surface area contributed by atoms with E-state index in [0.29, 0.717) is 0 Å². The summed E-state index contributed by atoms with van der Waals surface area (Å²) < 4.78 is 51.5. The van der Waals surface area contributed by atoms with E-state index in [1.807, 2.05) is 0 Å². The molecule has 3 atom stereocenters. The second-order valence-corrected chi connectivity index (χ2v) is 9.42. The quantitative estimate of drug-likeness (QED) is 0.121. The van der Waals surface area contributed by atoms with Crippen LogP contribution in [0.15, 0.2) is 0 Å². The molecule has 0 saturated heterocycles. The third-order valence-electron chi connectivity index (χ3n) is 3.47. The number of rotatable bonds is 17. The summed E-state index contributed by atoms with van der Waals surface area (Å²) in [6.45, 7) is 0.651. The Morgan fingerprint density at radius 2 is 1.17 bits per heavy atom.